The number of halogens is 2. The predicted octanol–water partition coefficient (Wildman–Crippen LogP) is 3.64. The predicted molar refractivity (Wildman–Crippen MR) is 118 cm³/mol. The van der Waals surface area contributed by atoms with Crippen molar-refractivity contribution >= 4 is 44.6 Å². The van der Waals surface area contributed by atoms with Crippen LogP contribution in [0.4, 0.5) is 15.8 Å². The summed E-state index contributed by atoms with van der Waals surface area (Å²) in [5, 5.41) is 0.406. The van der Waals surface area contributed by atoms with Crippen LogP contribution in [0.25, 0.3) is 0 Å². The van der Waals surface area contributed by atoms with Gasteiger partial charge in [-0.2, -0.15) is 0 Å². The van der Waals surface area contributed by atoms with Crippen LogP contribution in [0.3, 0.4) is 0 Å². The highest BCUT2D eigenvalue weighted by molar-refractivity contribution is 7.94. The Bertz CT molecular complexity index is 1380. The molecule has 0 bridgehead atoms. The highest BCUT2D eigenvalue weighted by atomic mass is 35.5. The molecule has 0 aromatic heterocycles. The van der Waals surface area contributed by atoms with Crippen molar-refractivity contribution in [2.24, 2.45) is 0 Å². The molecule has 9 heteroatoms. The van der Waals surface area contributed by atoms with Crippen molar-refractivity contribution < 1.29 is 22.4 Å². The van der Waals surface area contributed by atoms with Gasteiger partial charge in [-0.05, 0) is 48.0 Å². The first kappa shape index (κ1) is 20.7. The largest absolute Gasteiger partial charge is 0.304 e. The second-order valence-electron chi connectivity index (χ2n) is 7.65. The summed E-state index contributed by atoms with van der Waals surface area (Å²) in [7, 11) is -4.26. The molecule has 0 aliphatic carbocycles. The van der Waals surface area contributed by atoms with Gasteiger partial charge in [-0.25, -0.2) is 12.8 Å². The van der Waals surface area contributed by atoms with Gasteiger partial charge >= 0.3 is 0 Å². The molecule has 1 unspecified atom stereocenters. The maximum atomic E-state index is 13.9. The Morgan fingerprint density at radius 1 is 0.969 bits per heavy atom. The van der Waals surface area contributed by atoms with Crippen molar-refractivity contribution in [1.82, 2.24) is 0 Å². The number of hydrogen-bond donors (Lipinski definition) is 0. The minimum absolute atomic E-state index is 0.0481. The lowest BCUT2D eigenvalue weighted by atomic mass is 10.0. The minimum Gasteiger partial charge on any atom is -0.304 e. The lowest BCUT2D eigenvalue weighted by molar-refractivity contribution is -0.123. The smallest absolute Gasteiger partial charge is 0.274 e. The summed E-state index contributed by atoms with van der Waals surface area (Å²) in [6.45, 7) is -0.0481. The van der Waals surface area contributed by atoms with Gasteiger partial charge < -0.3 is 4.90 Å². The first-order valence-corrected chi connectivity index (χ1v) is 11.8. The van der Waals surface area contributed by atoms with Crippen molar-refractivity contribution in [2.45, 2.75) is 11.4 Å². The Hall–Kier alpha value is -3.23. The number of nitrogens with zero attached hydrogens (tertiary/aromatic N) is 2. The Labute approximate surface area is 188 Å². The number of para-hydroxylation sites is 1. The van der Waals surface area contributed by atoms with Crippen LogP contribution in [0.2, 0.25) is 5.02 Å². The van der Waals surface area contributed by atoms with Gasteiger partial charge in [0.25, 0.3) is 10.8 Å². The van der Waals surface area contributed by atoms with E-state index in [2.05, 4.69) is 0 Å². The van der Waals surface area contributed by atoms with Crippen LogP contribution in [-0.4, -0.2) is 26.0 Å². The van der Waals surface area contributed by atoms with E-state index in [9.17, 15) is 22.4 Å². The molecule has 1 saturated heterocycles. The van der Waals surface area contributed by atoms with Crippen LogP contribution in [0.15, 0.2) is 72.8 Å². The maximum absolute atomic E-state index is 13.9. The summed E-state index contributed by atoms with van der Waals surface area (Å²) in [4.78, 5) is 27.0. The third kappa shape index (κ3) is 2.79. The van der Waals surface area contributed by atoms with Gasteiger partial charge in [0.1, 0.15) is 11.6 Å². The highest BCUT2D eigenvalue weighted by Crippen LogP contribution is 2.52. The number of benzene rings is 3. The molecule has 2 aliphatic rings. The zero-order valence-corrected chi connectivity index (χ0v) is 18.1. The van der Waals surface area contributed by atoms with Crippen LogP contribution in [0.1, 0.15) is 11.1 Å². The topological polar surface area (TPSA) is 74.8 Å². The normalized spacial score (nSPS) is 21.4. The first-order chi connectivity index (χ1) is 15.3. The molecule has 3 aromatic rings. The SMILES string of the molecule is O=C1CS(=O)(=O)C2(C(=O)N(Cc3cccc(F)c3)c3ccccc32)N1c1ccc(Cl)cc1. The fourth-order valence-corrected chi connectivity index (χ4v) is 6.62. The van der Waals surface area contributed by atoms with Gasteiger partial charge in [-0.15, -0.1) is 0 Å². The van der Waals surface area contributed by atoms with Crippen molar-refractivity contribution in [2.75, 3.05) is 15.6 Å². The van der Waals surface area contributed by atoms with E-state index >= 15 is 0 Å². The molecule has 6 nitrogen and oxygen atoms in total. The molecular formula is C23H16ClFN2O4S. The Morgan fingerprint density at radius 2 is 1.69 bits per heavy atom. The van der Waals surface area contributed by atoms with E-state index in [0.29, 0.717) is 16.3 Å². The van der Waals surface area contributed by atoms with Gasteiger partial charge in [0, 0.05) is 16.3 Å². The van der Waals surface area contributed by atoms with Crippen LogP contribution in [0, 0.1) is 5.82 Å². The van der Waals surface area contributed by atoms with Crippen molar-refractivity contribution in [3.8, 4) is 0 Å². The van der Waals surface area contributed by atoms with Gasteiger partial charge in [0.2, 0.25) is 5.91 Å². The van der Waals surface area contributed by atoms with E-state index in [1.165, 1.54) is 53.4 Å². The molecule has 1 spiro atoms. The van der Waals surface area contributed by atoms with Crippen molar-refractivity contribution in [1.29, 1.82) is 0 Å². The van der Waals surface area contributed by atoms with Crippen LogP contribution < -0.4 is 9.80 Å². The van der Waals surface area contributed by atoms with Crippen LogP contribution in [-0.2, 0) is 30.8 Å². The zero-order chi connectivity index (χ0) is 22.7. The molecule has 32 heavy (non-hydrogen) atoms. The lowest BCUT2D eigenvalue weighted by Gasteiger charge is -2.32. The van der Waals surface area contributed by atoms with Gasteiger partial charge in [-0.3, -0.25) is 14.5 Å². The molecule has 2 heterocycles. The number of hydrogen-bond acceptors (Lipinski definition) is 4. The molecule has 1 atom stereocenters. The number of anilines is 2. The van der Waals surface area contributed by atoms with Gasteiger partial charge in [-0.1, -0.05) is 41.9 Å². The van der Waals surface area contributed by atoms with Crippen molar-refractivity contribution in [3.63, 3.8) is 0 Å². The molecule has 162 valence electrons. The third-order valence-corrected chi connectivity index (χ3v) is 8.09. The third-order valence-electron chi connectivity index (χ3n) is 5.74. The Balaban J connectivity index is 1.73. The number of carbonyl (C=O) groups is 2. The fraction of sp³-hybridized carbons (Fsp3) is 0.130. The lowest BCUT2D eigenvalue weighted by Crippen LogP contribution is -2.54. The van der Waals surface area contributed by atoms with Gasteiger partial charge in [0.15, 0.2) is 9.84 Å². The summed E-state index contributed by atoms with van der Waals surface area (Å²) in [6, 6.07) is 18.3. The summed E-state index contributed by atoms with van der Waals surface area (Å²) in [6.07, 6.45) is 0. The van der Waals surface area contributed by atoms with E-state index < -0.39 is 38.1 Å². The standard InChI is InChI=1S/C23H16ClFN2O4S/c24-16-8-10-18(11-9-16)27-21(28)14-32(30,31)23(27)19-6-1-2-7-20(19)26(22(23)29)13-15-4-3-5-17(25)12-15/h1-12H,13-14H2. The molecular weight excluding hydrogens is 455 g/mol. The molecule has 1 fully saturated rings. The summed E-state index contributed by atoms with van der Waals surface area (Å²) in [5.74, 6) is -2.75. The number of amides is 2. The Morgan fingerprint density at radius 3 is 2.41 bits per heavy atom. The molecule has 2 aliphatic heterocycles. The van der Waals surface area contributed by atoms with Gasteiger partial charge in [0.05, 0.1) is 12.2 Å². The quantitative estimate of drug-likeness (QED) is 0.585. The van der Waals surface area contributed by atoms with E-state index in [4.69, 9.17) is 11.6 Å². The molecule has 0 radical (unpaired) electrons. The average molecular weight is 471 g/mol. The molecule has 2 amide bonds. The average Bonchev–Trinajstić information content (AvgIpc) is 3.12. The molecule has 0 saturated carbocycles. The number of sulfone groups is 1. The van der Waals surface area contributed by atoms with E-state index in [1.807, 2.05) is 0 Å². The Kier molecular flexibility index (Phi) is 4.61. The van der Waals surface area contributed by atoms with E-state index in [0.717, 1.165) is 4.90 Å². The van der Waals surface area contributed by atoms with Crippen LogP contribution >= 0.6 is 11.6 Å². The zero-order valence-electron chi connectivity index (χ0n) is 16.5. The summed E-state index contributed by atoms with van der Waals surface area (Å²) < 4.78 is 40.7. The first-order valence-electron chi connectivity index (χ1n) is 9.72. The van der Waals surface area contributed by atoms with Crippen LogP contribution in [0.5, 0.6) is 0 Å². The summed E-state index contributed by atoms with van der Waals surface area (Å²) >= 11 is 5.97. The molecule has 3 aromatic carbocycles. The second kappa shape index (κ2) is 7.15. The fourth-order valence-electron chi connectivity index (χ4n) is 4.46. The number of carbonyl (C=O) groups excluding carboxylic acids is 2. The van der Waals surface area contributed by atoms with E-state index in [-0.39, 0.29) is 17.8 Å². The number of rotatable bonds is 3. The number of fused-ring (bicyclic) bond motifs is 2. The summed E-state index contributed by atoms with van der Waals surface area (Å²) in [5.41, 5.74) is 1.29. The second-order valence-corrected chi connectivity index (χ2v) is 10.2. The van der Waals surface area contributed by atoms with E-state index in [1.54, 1.807) is 24.3 Å². The molecule has 5 rings (SSSR count). The maximum Gasteiger partial charge on any atom is 0.274 e. The monoisotopic (exact) mass is 470 g/mol. The minimum atomic E-state index is -4.26. The highest BCUT2D eigenvalue weighted by Gasteiger charge is 2.69. The van der Waals surface area contributed by atoms with Crippen molar-refractivity contribution in [3.05, 3.63) is 94.8 Å². The molecule has 0 N–H and O–H groups in total.